The van der Waals surface area contributed by atoms with E-state index in [1.54, 1.807) is 12.1 Å². The van der Waals surface area contributed by atoms with Crippen molar-refractivity contribution in [2.45, 2.75) is 76.4 Å². The summed E-state index contributed by atoms with van der Waals surface area (Å²) in [4.78, 5) is 6.05. The molecule has 1 spiro atoms. The lowest BCUT2D eigenvalue weighted by Crippen LogP contribution is -2.44. The maximum atomic E-state index is 13.8. The quantitative estimate of drug-likeness (QED) is 0.638. The van der Waals surface area contributed by atoms with Crippen LogP contribution in [0.5, 0.6) is 0 Å². The Morgan fingerprint density at radius 3 is 2.75 bits per heavy atom. The molecule has 154 valence electrons. The molecule has 1 fully saturated rings. The average Bonchev–Trinajstić information content (AvgIpc) is 3.06. The minimum absolute atomic E-state index is 0.153. The molecule has 1 aromatic heterocycles. The Labute approximate surface area is 168 Å². The molecule has 2 heterocycles. The predicted octanol–water partition coefficient (Wildman–Crippen LogP) is 5.78. The first kappa shape index (κ1) is 19.9. The fourth-order valence-corrected chi connectivity index (χ4v) is 5.69. The van der Waals surface area contributed by atoms with Crippen molar-refractivity contribution in [3.05, 3.63) is 35.3 Å². The van der Waals surface area contributed by atoms with Crippen LogP contribution >= 0.6 is 0 Å². The van der Waals surface area contributed by atoms with E-state index < -0.39 is 0 Å². The van der Waals surface area contributed by atoms with Crippen LogP contribution in [0.3, 0.4) is 0 Å². The molecule has 1 saturated carbocycles. The normalized spacial score (nSPS) is 26.1. The van der Waals surface area contributed by atoms with Gasteiger partial charge in [0.05, 0.1) is 12.3 Å². The van der Waals surface area contributed by atoms with Gasteiger partial charge in [0.1, 0.15) is 11.4 Å². The van der Waals surface area contributed by atoms with Gasteiger partial charge in [-0.1, -0.05) is 26.2 Å². The van der Waals surface area contributed by atoms with Crippen LogP contribution < -0.4 is 0 Å². The second kappa shape index (κ2) is 8.16. The lowest BCUT2D eigenvalue weighted by molar-refractivity contribution is -0.0998. The highest BCUT2D eigenvalue weighted by atomic mass is 19.1. The van der Waals surface area contributed by atoms with Crippen LogP contribution in [0.2, 0.25) is 0 Å². The van der Waals surface area contributed by atoms with E-state index in [4.69, 9.17) is 4.74 Å². The number of hydrogen-bond donors (Lipinski definition) is 1. The van der Waals surface area contributed by atoms with Gasteiger partial charge in [0.2, 0.25) is 0 Å². The van der Waals surface area contributed by atoms with Crippen molar-refractivity contribution < 1.29 is 9.13 Å². The van der Waals surface area contributed by atoms with Crippen molar-refractivity contribution in [1.29, 1.82) is 0 Å². The standard InChI is InChI=1S/C24H35FN2O/c1-4-5-6-7-22(27(2)3)17-10-13-24(14-11-17)23-19(12-15-28-24)20-16-18(25)8-9-21(20)26-23/h8-9,16-17,22,26H,4-7,10-15H2,1-3H3. The fourth-order valence-electron chi connectivity index (χ4n) is 5.69. The van der Waals surface area contributed by atoms with Crippen LogP contribution in [0.1, 0.15) is 69.5 Å². The van der Waals surface area contributed by atoms with E-state index >= 15 is 0 Å². The van der Waals surface area contributed by atoms with Gasteiger partial charge >= 0.3 is 0 Å². The molecule has 1 unspecified atom stereocenters. The van der Waals surface area contributed by atoms with Gasteiger partial charge in [0.25, 0.3) is 0 Å². The van der Waals surface area contributed by atoms with E-state index in [1.807, 2.05) is 6.07 Å². The number of benzene rings is 1. The monoisotopic (exact) mass is 386 g/mol. The smallest absolute Gasteiger partial charge is 0.123 e. The van der Waals surface area contributed by atoms with E-state index in [1.165, 1.54) is 49.8 Å². The maximum absolute atomic E-state index is 13.8. The molecular weight excluding hydrogens is 351 g/mol. The molecular formula is C24H35FN2O. The van der Waals surface area contributed by atoms with Gasteiger partial charge in [-0.3, -0.25) is 0 Å². The second-order valence-corrected chi connectivity index (χ2v) is 9.13. The van der Waals surface area contributed by atoms with Crippen molar-refractivity contribution >= 4 is 10.9 Å². The number of halogens is 1. The number of nitrogens with one attached hydrogen (secondary N) is 1. The number of nitrogens with zero attached hydrogens (tertiary/aromatic N) is 1. The Hall–Kier alpha value is -1.39. The third kappa shape index (κ3) is 3.61. The first-order valence-electron chi connectivity index (χ1n) is 11.1. The summed E-state index contributed by atoms with van der Waals surface area (Å²) in [6, 6.07) is 5.78. The Bertz CT molecular complexity index is 804. The molecule has 4 rings (SSSR count). The molecule has 1 aliphatic heterocycles. The summed E-state index contributed by atoms with van der Waals surface area (Å²) in [5.41, 5.74) is 3.36. The van der Waals surface area contributed by atoms with E-state index in [2.05, 4.69) is 30.9 Å². The molecule has 0 saturated heterocycles. The fraction of sp³-hybridized carbons (Fsp3) is 0.667. The molecule has 4 heteroatoms. The number of aromatic nitrogens is 1. The van der Waals surface area contributed by atoms with Crippen LogP contribution in [-0.4, -0.2) is 36.6 Å². The van der Waals surface area contributed by atoms with Crippen LogP contribution in [0.15, 0.2) is 18.2 Å². The summed E-state index contributed by atoms with van der Waals surface area (Å²) in [5, 5.41) is 1.05. The summed E-state index contributed by atoms with van der Waals surface area (Å²) < 4.78 is 20.3. The minimum Gasteiger partial charge on any atom is -0.368 e. The summed E-state index contributed by atoms with van der Waals surface area (Å²) in [6.07, 6.45) is 10.7. The second-order valence-electron chi connectivity index (χ2n) is 9.13. The zero-order chi connectivity index (χ0) is 19.7. The lowest BCUT2D eigenvalue weighted by Gasteiger charge is -2.45. The minimum atomic E-state index is -0.195. The molecule has 0 amide bonds. The molecule has 2 aromatic rings. The van der Waals surface area contributed by atoms with Gasteiger partial charge in [0.15, 0.2) is 0 Å². The number of ether oxygens (including phenoxy) is 1. The summed E-state index contributed by atoms with van der Waals surface area (Å²) in [6.45, 7) is 3.02. The Balaban J connectivity index is 1.54. The highest BCUT2D eigenvalue weighted by molar-refractivity contribution is 5.85. The highest BCUT2D eigenvalue weighted by Gasteiger charge is 2.44. The highest BCUT2D eigenvalue weighted by Crippen LogP contribution is 2.48. The van der Waals surface area contributed by atoms with Gasteiger partial charge in [0, 0.05) is 16.9 Å². The number of hydrogen-bond acceptors (Lipinski definition) is 2. The van der Waals surface area contributed by atoms with Gasteiger partial charge in [-0.15, -0.1) is 0 Å². The van der Waals surface area contributed by atoms with Crippen molar-refractivity contribution in [3.8, 4) is 0 Å². The van der Waals surface area contributed by atoms with Crippen molar-refractivity contribution in [1.82, 2.24) is 9.88 Å². The van der Waals surface area contributed by atoms with E-state index in [0.29, 0.717) is 6.04 Å². The molecule has 0 radical (unpaired) electrons. The van der Waals surface area contributed by atoms with E-state index in [-0.39, 0.29) is 11.4 Å². The largest absolute Gasteiger partial charge is 0.368 e. The third-order valence-electron chi connectivity index (χ3n) is 7.20. The van der Waals surface area contributed by atoms with Gasteiger partial charge in [-0.05, 0) is 82.3 Å². The summed E-state index contributed by atoms with van der Waals surface area (Å²) >= 11 is 0. The Morgan fingerprint density at radius 1 is 1.25 bits per heavy atom. The van der Waals surface area contributed by atoms with Crippen molar-refractivity contribution in [3.63, 3.8) is 0 Å². The molecule has 0 bridgehead atoms. The number of fused-ring (bicyclic) bond motifs is 4. The zero-order valence-electron chi connectivity index (χ0n) is 17.7. The number of rotatable bonds is 6. The van der Waals surface area contributed by atoms with Gasteiger partial charge in [-0.2, -0.15) is 0 Å². The van der Waals surface area contributed by atoms with Crippen molar-refractivity contribution in [2.75, 3.05) is 20.7 Å². The Morgan fingerprint density at radius 2 is 2.04 bits per heavy atom. The summed E-state index contributed by atoms with van der Waals surface area (Å²) in [5.74, 6) is 0.590. The van der Waals surface area contributed by atoms with E-state index in [9.17, 15) is 4.39 Å². The molecule has 3 nitrogen and oxygen atoms in total. The van der Waals surface area contributed by atoms with Gasteiger partial charge < -0.3 is 14.6 Å². The zero-order valence-corrected chi connectivity index (χ0v) is 17.7. The van der Waals surface area contributed by atoms with E-state index in [0.717, 1.165) is 42.7 Å². The topological polar surface area (TPSA) is 28.3 Å². The van der Waals surface area contributed by atoms with Crippen molar-refractivity contribution in [2.24, 2.45) is 5.92 Å². The molecule has 1 aromatic carbocycles. The number of unbranched alkanes of at least 4 members (excludes halogenated alkanes) is 2. The predicted molar refractivity (Wildman–Crippen MR) is 113 cm³/mol. The number of aromatic amines is 1. The van der Waals surface area contributed by atoms with Crippen LogP contribution in [-0.2, 0) is 16.8 Å². The SMILES string of the molecule is CCCCCC(C1CCC2(CC1)OCCc1c2[nH]c2ccc(F)cc12)N(C)C. The maximum Gasteiger partial charge on any atom is 0.123 e. The molecule has 28 heavy (non-hydrogen) atoms. The lowest BCUT2D eigenvalue weighted by atomic mass is 9.71. The molecule has 1 aliphatic carbocycles. The van der Waals surface area contributed by atoms with Crippen LogP contribution in [0, 0.1) is 11.7 Å². The molecule has 1 N–H and O–H groups in total. The number of H-pyrrole nitrogens is 1. The Kier molecular flexibility index (Phi) is 5.80. The van der Waals surface area contributed by atoms with Crippen LogP contribution in [0.25, 0.3) is 10.9 Å². The van der Waals surface area contributed by atoms with Gasteiger partial charge in [-0.25, -0.2) is 4.39 Å². The third-order valence-corrected chi connectivity index (χ3v) is 7.20. The summed E-state index contributed by atoms with van der Waals surface area (Å²) in [7, 11) is 4.48. The first-order chi connectivity index (χ1) is 13.5. The molecule has 1 atom stereocenters. The van der Waals surface area contributed by atoms with Crippen LogP contribution in [0.4, 0.5) is 4.39 Å². The first-order valence-corrected chi connectivity index (χ1v) is 11.1. The average molecular weight is 387 g/mol. The molecule has 2 aliphatic rings.